The summed E-state index contributed by atoms with van der Waals surface area (Å²) in [6, 6.07) is 41.6. The largest absolute Gasteiger partial charge is 0.225 e. The van der Waals surface area contributed by atoms with Crippen molar-refractivity contribution in [2.24, 2.45) is 0 Å². The second-order valence-electron chi connectivity index (χ2n) is 6.26. The predicted molar refractivity (Wildman–Crippen MR) is 124 cm³/mol. The molecule has 0 unspecified atom stereocenters. The number of hydrogen-bond acceptors (Lipinski definition) is 3. The molecule has 0 saturated carbocycles. The molecule has 3 nitrogen and oxygen atoms in total. The summed E-state index contributed by atoms with van der Waals surface area (Å²) < 4.78 is 0. The summed E-state index contributed by atoms with van der Waals surface area (Å²) in [6.07, 6.45) is 4.31. The molecule has 0 aliphatic carbocycles. The van der Waals surface area contributed by atoms with Gasteiger partial charge in [-0.1, -0.05) is 121 Å². The molecule has 4 aromatic carbocycles. The molecule has 0 aliphatic rings. The van der Waals surface area contributed by atoms with E-state index in [0.717, 1.165) is 0 Å². The fourth-order valence-electron chi connectivity index (χ4n) is 2.73. The summed E-state index contributed by atoms with van der Waals surface area (Å²) in [5, 5.41) is 0. The first kappa shape index (κ1) is 20.6. The number of rotatable bonds is 2. The summed E-state index contributed by atoms with van der Waals surface area (Å²) in [5.41, 5.74) is 5.10. The molecule has 146 valence electrons. The van der Waals surface area contributed by atoms with Crippen molar-refractivity contribution in [1.29, 1.82) is 0 Å². The highest BCUT2D eigenvalue weighted by Gasteiger charge is 1.92. The Bertz CT molecular complexity index is 877. The van der Waals surface area contributed by atoms with Gasteiger partial charge < -0.3 is 0 Å². The van der Waals surface area contributed by atoms with Crippen molar-refractivity contribution in [3.63, 3.8) is 0 Å². The Morgan fingerprint density at radius 3 is 0.633 bits per heavy atom. The van der Waals surface area contributed by atoms with E-state index in [9.17, 15) is 0 Å². The summed E-state index contributed by atoms with van der Waals surface area (Å²) in [7, 11) is 0. The molecule has 0 amide bonds. The molecule has 30 heavy (non-hydrogen) atoms. The minimum absolute atomic E-state index is 1.28. The zero-order valence-electron chi connectivity index (χ0n) is 16.6. The van der Waals surface area contributed by atoms with Crippen LogP contribution in [-0.4, -0.2) is 15.0 Å². The van der Waals surface area contributed by atoms with Gasteiger partial charge >= 0.3 is 0 Å². The van der Waals surface area contributed by atoms with Gasteiger partial charge in [0, 0.05) is 0 Å². The first-order valence-electron chi connectivity index (χ1n) is 9.69. The van der Waals surface area contributed by atoms with Crippen LogP contribution in [0, 0.1) is 0 Å². The van der Waals surface area contributed by atoms with Crippen LogP contribution >= 0.6 is 0 Å². The van der Waals surface area contributed by atoms with Gasteiger partial charge in [0.05, 0.1) is 0 Å². The van der Waals surface area contributed by atoms with Gasteiger partial charge in [0.1, 0.15) is 19.0 Å². The smallest absolute Gasteiger partial charge is 0.119 e. The Kier molecular flexibility index (Phi) is 8.50. The second kappa shape index (κ2) is 12.4. The third-order valence-electron chi connectivity index (χ3n) is 4.16. The van der Waals surface area contributed by atoms with Crippen LogP contribution in [0.4, 0.5) is 0 Å². The van der Waals surface area contributed by atoms with Crippen LogP contribution < -0.4 is 0 Å². The van der Waals surface area contributed by atoms with Crippen LogP contribution in [0.5, 0.6) is 0 Å². The number of hydrogen-bond donors (Lipinski definition) is 0. The molecule has 0 bridgehead atoms. The lowest BCUT2D eigenvalue weighted by Crippen LogP contribution is -1.73. The zero-order valence-corrected chi connectivity index (χ0v) is 16.6. The first-order valence-corrected chi connectivity index (χ1v) is 9.69. The highest BCUT2D eigenvalue weighted by molar-refractivity contribution is 5.63. The molecule has 0 fully saturated rings. The Balaban J connectivity index is 0.000000136. The van der Waals surface area contributed by atoms with Crippen molar-refractivity contribution >= 4 is 0 Å². The van der Waals surface area contributed by atoms with Crippen molar-refractivity contribution in [3.05, 3.63) is 140 Å². The van der Waals surface area contributed by atoms with Crippen LogP contribution in [0.2, 0.25) is 0 Å². The van der Waals surface area contributed by atoms with Crippen LogP contribution in [-0.2, 0) is 0 Å². The molecule has 0 saturated heterocycles. The van der Waals surface area contributed by atoms with Crippen LogP contribution in [0.1, 0.15) is 0 Å². The molecule has 0 aliphatic heterocycles. The standard InChI is InChI=1S/2C12H10.C3H3N3/c2*1-3-7-11(8-4-1)12-9-5-2-6-10-12;1-4-2-6-3-5-1/h2*1-10H;1-3H. The van der Waals surface area contributed by atoms with E-state index in [4.69, 9.17) is 0 Å². The third-order valence-corrected chi connectivity index (χ3v) is 4.16. The van der Waals surface area contributed by atoms with Gasteiger partial charge in [-0.25, -0.2) is 15.0 Å². The van der Waals surface area contributed by atoms with Crippen LogP contribution in [0.15, 0.2) is 140 Å². The number of benzene rings is 4. The summed E-state index contributed by atoms with van der Waals surface area (Å²) in [4.78, 5) is 10.7. The summed E-state index contributed by atoms with van der Waals surface area (Å²) >= 11 is 0. The monoisotopic (exact) mass is 389 g/mol. The van der Waals surface area contributed by atoms with Crippen molar-refractivity contribution in [2.45, 2.75) is 0 Å². The highest BCUT2D eigenvalue weighted by Crippen LogP contribution is 2.18. The van der Waals surface area contributed by atoms with Gasteiger partial charge in [0.25, 0.3) is 0 Å². The molecular weight excluding hydrogens is 366 g/mol. The van der Waals surface area contributed by atoms with Gasteiger partial charge in [-0.15, -0.1) is 0 Å². The molecule has 5 rings (SSSR count). The molecule has 3 heteroatoms. The molecule has 0 spiro atoms. The molecular formula is C27H23N3. The Labute approximate surface area is 177 Å². The SMILES string of the molecule is c1ccc(-c2ccccc2)cc1.c1ccc(-c2ccccc2)cc1.c1ncncn1. The average Bonchev–Trinajstić information content (AvgIpc) is 2.88. The van der Waals surface area contributed by atoms with E-state index >= 15 is 0 Å². The predicted octanol–water partition coefficient (Wildman–Crippen LogP) is 6.58. The normalized spacial score (nSPS) is 9.33. The number of nitrogens with zero attached hydrogens (tertiary/aromatic N) is 3. The molecule has 0 N–H and O–H groups in total. The minimum atomic E-state index is 1.28. The van der Waals surface area contributed by atoms with E-state index in [1.807, 2.05) is 24.3 Å². The van der Waals surface area contributed by atoms with Crippen molar-refractivity contribution < 1.29 is 0 Å². The van der Waals surface area contributed by atoms with Gasteiger partial charge in [0.2, 0.25) is 0 Å². The van der Waals surface area contributed by atoms with E-state index in [1.165, 1.54) is 41.2 Å². The topological polar surface area (TPSA) is 38.7 Å². The van der Waals surface area contributed by atoms with E-state index < -0.39 is 0 Å². The third kappa shape index (κ3) is 7.13. The second-order valence-corrected chi connectivity index (χ2v) is 6.26. The van der Waals surface area contributed by atoms with Crippen molar-refractivity contribution in [2.75, 3.05) is 0 Å². The average molecular weight is 390 g/mol. The molecule has 5 aromatic rings. The zero-order chi connectivity index (χ0) is 20.7. The van der Waals surface area contributed by atoms with Gasteiger partial charge in [-0.2, -0.15) is 0 Å². The van der Waals surface area contributed by atoms with Crippen LogP contribution in [0.3, 0.4) is 0 Å². The Morgan fingerprint density at radius 1 is 0.267 bits per heavy atom. The van der Waals surface area contributed by atoms with Crippen LogP contribution in [0.25, 0.3) is 22.3 Å². The highest BCUT2D eigenvalue weighted by atomic mass is 14.9. The molecule has 0 atom stereocenters. The quantitative estimate of drug-likeness (QED) is 0.342. The molecule has 0 radical (unpaired) electrons. The first-order chi connectivity index (χ1) is 14.9. The fraction of sp³-hybridized carbons (Fsp3) is 0. The van der Waals surface area contributed by atoms with Crippen molar-refractivity contribution in [1.82, 2.24) is 15.0 Å². The van der Waals surface area contributed by atoms with Crippen molar-refractivity contribution in [3.8, 4) is 22.3 Å². The van der Waals surface area contributed by atoms with E-state index in [1.54, 1.807) is 0 Å². The van der Waals surface area contributed by atoms with Gasteiger partial charge in [-0.3, -0.25) is 0 Å². The summed E-state index contributed by atoms with van der Waals surface area (Å²) in [5.74, 6) is 0. The van der Waals surface area contributed by atoms with E-state index in [-0.39, 0.29) is 0 Å². The lowest BCUT2D eigenvalue weighted by molar-refractivity contribution is 1.05. The Morgan fingerprint density at radius 2 is 0.467 bits per heavy atom. The Hall–Kier alpha value is -4.11. The lowest BCUT2D eigenvalue weighted by Gasteiger charge is -1.98. The van der Waals surface area contributed by atoms with Gasteiger partial charge in [-0.05, 0) is 22.3 Å². The fourth-order valence-corrected chi connectivity index (χ4v) is 2.73. The summed E-state index contributed by atoms with van der Waals surface area (Å²) in [6.45, 7) is 0. The van der Waals surface area contributed by atoms with Gasteiger partial charge in [0.15, 0.2) is 0 Å². The maximum atomic E-state index is 3.56. The molecule has 1 aromatic heterocycles. The lowest BCUT2D eigenvalue weighted by atomic mass is 10.1. The number of aromatic nitrogens is 3. The molecule has 1 heterocycles. The maximum absolute atomic E-state index is 3.56. The van der Waals surface area contributed by atoms with E-state index in [2.05, 4.69) is 112 Å². The van der Waals surface area contributed by atoms with E-state index in [0.29, 0.717) is 0 Å². The maximum Gasteiger partial charge on any atom is 0.119 e. The minimum Gasteiger partial charge on any atom is -0.225 e.